The summed E-state index contributed by atoms with van der Waals surface area (Å²) in [6, 6.07) is 11.7. The Morgan fingerprint density at radius 3 is 2.30 bits per heavy atom. The van der Waals surface area contributed by atoms with Crippen LogP contribution in [0.1, 0.15) is 16.7 Å². The van der Waals surface area contributed by atoms with Crippen molar-refractivity contribution in [2.75, 3.05) is 11.9 Å². The first kappa shape index (κ1) is 20.3. The number of amides is 2. The molecule has 0 unspecified atom stereocenters. The van der Waals surface area contributed by atoms with Crippen molar-refractivity contribution < 1.29 is 27.5 Å². The molecule has 0 heterocycles. The van der Waals surface area contributed by atoms with Gasteiger partial charge in [0.2, 0.25) is 0 Å². The number of carbonyl (C=O) groups excluding carboxylic acids is 2. The molecule has 0 bridgehead atoms. The van der Waals surface area contributed by atoms with Gasteiger partial charge in [-0.05, 0) is 43.2 Å². The van der Waals surface area contributed by atoms with Crippen LogP contribution < -0.4 is 15.4 Å². The molecule has 0 fully saturated rings. The van der Waals surface area contributed by atoms with Crippen LogP contribution in [-0.2, 0) is 16.1 Å². The molecule has 2 aromatic carbocycles. The fraction of sp³-hybridized carbons (Fsp3) is 0.263. The summed E-state index contributed by atoms with van der Waals surface area (Å²) in [5, 5.41) is 4.40. The lowest BCUT2D eigenvalue weighted by Crippen LogP contribution is -2.36. The summed E-state index contributed by atoms with van der Waals surface area (Å²) < 4.78 is 41.9. The van der Waals surface area contributed by atoms with E-state index in [1.54, 1.807) is 11.4 Å². The number of halogens is 3. The van der Waals surface area contributed by atoms with Crippen LogP contribution in [0.5, 0.6) is 5.75 Å². The molecule has 0 atom stereocenters. The Labute approximate surface area is 154 Å². The highest BCUT2D eigenvalue weighted by atomic mass is 19.4. The van der Waals surface area contributed by atoms with E-state index < -0.39 is 12.1 Å². The number of alkyl halides is 3. The maximum Gasteiger partial charge on any atom is 0.471 e. The fourth-order valence-electron chi connectivity index (χ4n) is 2.29. The molecule has 0 aliphatic rings. The molecule has 8 heteroatoms. The van der Waals surface area contributed by atoms with Crippen LogP contribution in [0.25, 0.3) is 0 Å². The van der Waals surface area contributed by atoms with Crippen LogP contribution >= 0.6 is 0 Å². The second-order valence-corrected chi connectivity index (χ2v) is 5.98. The van der Waals surface area contributed by atoms with Crippen molar-refractivity contribution in [2.45, 2.75) is 26.6 Å². The third kappa shape index (κ3) is 6.32. The van der Waals surface area contributed by atoms with E-state index in [9.17, 15) is 22.8 Å². The lowest BCUT2D eigenvalue weighted by atomic mass is 10.1. The summed E-state index contributed by atoms with van der Waals surface area (Å²) in [5.74, 6) is -1.75. The fourth-order valence-corrected chi connectivity index (χ4v) is 2.29. The summed E-state index contributed by atoms with van der Waals surface area (Å²) in [7, 11) is 0. The third-order valence-corrected chi connectivity index (χ3v) is 3.64. The number of anilines is 1. The van der Waals surface area contributed by atoms with Gasteiger partial charge < -0.3 is 15.4 Å². The van der Waals surface area contributed by atoms with Crippen molar-refractivity contribution in [3.63, 3.8) is 0 Å². The van der Waals surface area contributed by atoms with Crippen LogP contribution in [0.3, 0.4) is 0 Å². The summed E-state index contributed by atoms with van der Waals surface area (Å²) in [4.78, 5) is 22.7. The number of rotatable bonds is 6. The Morgan fingerprint density at radius 1 is 1.04 bits per heavy atom. The molecule has 0 aromatic heterocycles. The van der Waals surface area contributed by atoms with Crippen molar-refractivity contribution in [1.29, 1.82) is 0 Å². The van der Waals surface area contributed by atoms with Gasteiger partial charge in [0.1, 0.15) is 5.75 Å². The van der Waals surface area contributed by atoms with Crippen molar-refractivity contribution in [1.82, 2.24) is 5.32 Å². The van der Waals surface area contributed by atoms with Crippen LogP contribution in [0.2, 0.25) is 0 Å². The zero-order valence-corrected chi connectivity index (χ0v) is 14.8. The van der Waals surface area contributed by atoms with Gasteiger partial charge in [0.25, 0.3) is 5.91 Å². The van der Waals surface area contributed by atoms with Crippen LogP contribution in [0, 0.1) is 13.8 Å². The minimum absolute atomic E-state index is 0.173. The molecule has 2 amide bonds. The normalized spacial score (nSPS) is 11.0. The average molecular weight is 380 g/mol. The van der Waals surface area contributed by atoms with Gasteiger partial charge in [0, 0.05) is 12.2 Å². The van der Waals surface area contributed by atoms with E-state index in [0.717, 1.165) is 11.1 Å². The van der Waals surface area contributed by atoms with Crippen LogP contribution in [0.15, 0.2) is 42.5 Å². The number of aryl methyl sites for hydroxylation is 2. The highest BCUT2D eigenvalue weighted by molar-refractivity contribution is 5.91. The maximum atomic E-state index is 12.1. The predicted octanol–water partition coefficient (Wildman–Crippen LogP) is 3.50. The zero-order valence-electron chi connectivity index (χ0n) is 14.8. The summed E-state index contributed by atoms with van der Waals surface area (Å²) in [6.07, 6.45) is -4.91. The van der Waals surface area contributed by atoms with E-state index in [2.05, 4.69) is 5.32 Å². The van der Waals surface area contributed by atoms with Gasteiger partial charge in [0.05, 0.1) is 0 Å². The molecule has 0 aliphatic heterocycles. The molecule has 0 saturated heterocycles. The molecule has 2 aromatic rings. The van der Waals surface area contributed by atoms with Gasteiger partial charge in [-0.15, -0.1) is 0 Å². The Bertz CT molecular complexity index is 818. The highest BCUT2D eigenvalue weighted by Gasteiger charge is 2.38. The lowest BCUT2D eigenvalue weighted by Gasteiger charge is -2.11. The number of benzene rings is 2. The minimum atomic E-state index is -4.91. The van der Waals surface area contributed by atoms with E-state index in [-0.39, 0.29) is 19.1 Å². The lowest BCUT2D eigenvalue weighted by molar-refractivity contribution is -0.173. The van der Waals surface area contributed by atoms with Gasteiger partial charge in [-0.2, -0.15) is 13.2 Å². The van der Waals surface area contributed by atoms with Gasteiger partial charge in [-0.25, -0.2) is 0 Å². The Hall–Kier alpha value is -3.03. The molecule has 0 radical (unpaired) electrons. The minimum Gasteiger partial charge on any atom is -0.483 e. The number of hydrogen-bond acceptors (Lipinski definition) is 3. The van der Waals surface area contributed by atoms with Crippen LogP contribution in [-0.4, -0.2) is 24.6 Å². The predicted molar refractivity (Wildman–Crippen MR) is 94.4 cm³/mol. The number of nitrogens with one attached hydrogen (secondary N) is 2. The molecule has 2 N–H and O–H groups in total. The summed E-state index contributed by atoms with van der Waals surface area (Å²) in [5.41, 5.74) is 2.95. The van der Waals surface area contributed by atoms with E-state index >= 15 is 0 Å². The number of carbonyl (C=O) groups is 2. The van der Waals surface area contributed by atoms with E-state index in [0.29, 0.717) is 17.0 Å². The van der Waals surface area contributed by atoms with E-state index in [1.165, 1.54) is 24.3 Å². The average Bonchev–Trinajstić information content (AvgIpc) is 2.59. The molecule has 2 rings (SSSR count). The molecule has 144 valence electrons. The monoisotopic (exact) mass is 380 g/mol. The molecular weight excluding hydrogens is 361 g/mol. The van der Waals surface area contributed by atoms with Crippen LogP contribution in [0.4, 0.5) is 18.9 Å². The van der Waals surface area contributed by atoms with Crippen molar-refractivity contribution in [3.05, 3.63) is 59.2 Å². The maximum absolute atomic E-state index is 12.1. The van der Waals surface area contributed by atoms with Crippen molar-refractivity contribution >= 4 is 17.5 Å². The molecule has 0 spiro atoms. The highest BCUT2D eigenvalue weighted by Crippen LogP contribution is 2.19. The molecule has 5 nitrogen and oxygen atoms in total. The first-order valence-electron chi connectivity index (χ1n) is 8.09. The largest absolute Gasteiger partial charge is 0.483 e. The molecular formula is C19H19F3N2O3. The first-order chi connectivity index (χ1) is 12.6. The summed E-state index contributed by atoms with van der Waals surface area (Å²) in [6.45, 7) is 3.41. The van der Waals surface area contributed by atoms with Crippen molar-refractivity contribution in [3.8, 4) is 5.75 Å². The molecule has 0 saturated carbocycles. The van der Waals surface area contributed by atoms with Gasteiger partial charge in [0.15, 0.2) is 6.61 Å². The Morgan fingerprint density at radius 2 is 1.70 bits per heavy atom. The molecule has 0 aliphatic carbocycles. The second-order valence-electron chi connectivity index (χ2n) is 5.98. The second kappa shape index (κ2) is 8.57. The summed E-state index contributed by atoms with van der Waals surface area (Å²) >= 11 is 0. The topological polar surface area (TPSA) is 67.4 Å². The van der Waals surface area contributed by atoms with Gasteiger partial charge in [-0.1, -0.05) is 29.8 Å². The van der Waals surface area contributed by atoms with E-state index in [4.69, 9.17) is 4.74 Å². The van der Waals surface area contributed by atoms with Crippen molar-refractivity contribution in [2.24, 2.45) is 0 Å². The number of hydrogen-bond donors (Lipinski definition) is 2. The van der Waals surface area contributed by atoms with E-state index in [1.807, 2.05) is 26.0 Å². The SMILES string of the molecule is Cc1ccc(OCC(=O)Nc2ccc(CNC(=O)C(F)(F)F)cc2)c(C)c1. The third-order valence-electron chi connectivity index (χ3n) is 3.64. The Kier molecular flexibility index (Phi) is 6.44. The first-order valence-corrected chi connectivity index (χ1v) is 8.09. The standard InChI is InChI=1S/C19H19F3N2O3/c1-12-3-8-16(13(2)9-12)27-11-17(25)24-15-6-4-14(5-7-15)10-23-18(26)19(20,21)22/h3-9H,10-11H2,1-2H3,(H,23,26)(H,24,25). The quantitative estimate of drug-likeness (QED) is 0.806. The van der Waals surface area contributed by atoms with Gasteiger partial charge in [-0.3, -0.25) is 9.59 Å². The zero-order chi connectivity index (χ0) is 20.0. The van der Waals surface area contributed by atoms with Gasteiger partial charge >= 0.3 is 12.1 Å². The smallest absolute Gasteiger partial charge is 0.471 e. The molecule has 27 heavy (non-hydrogen) atoms. The number of ether oxygens (including phenoxy) is 1. The Balaban J connectivity index is 1.83.